The van der Waals surface area contributed by atoms with Crippen LogP contribution in [0.5, 0.6) is 0 Å². The van der Waals surface area contributed by atoms with Crippen LogP contribution in [0.25, 0.3) is 32.3 Å². The fourth-order valence-corrected chi connectivity index (χ4v) is 11.6. The molecule has 2 aliphatic carbocycles. The van der Waals surface area contributed by atoms with E-state index in [-0.39, 0.29) is 0 Å². The van der Waals surface area contributed by atoms with Crippen LogP contribution in [0.3, 0.4) is 0 Å². The predicted octanol–water partition coefficient (Wildman–Crippen LogP) is 15.1. The van der Waals surface area contributed by atoms with E-state index in [1.807, 2.05) is 11.3 Å². The van der Waals surface area contributed by atoms with Crippen LogP contribution in [0.15, 0.2) is 236 Å². The van der Waals surface area contributed by atoms with Crippen LogP contribution >= 0.6 is 11.3 Å². The minimum Gasteiger partial charge on any atom is -0.309 e. The first kappa shape index (κ1) is 34.8. The van der Waals surface area contributed by atoms with Crippen molar-refractivity contribution in [2.75, 3.05) is 4.90 Å². The van der Waals surface area contributed by atoms with E-state index in [1.54, 1.807) is 0 Å². The highest BCUT2D eigenvalue weighted by molar-refractivity contribution is 7.17. The van der Waals surface area contributed by atoms with E-state index < -0.39 is 10.8 Å². The number of nitrogens with zero attached hydrogens (tertiary/aromatic N) is 1. The smallest absolute Gasteiger partial charge is 0.0714 e. The third-order valence-electron chi connectivity index (χ3n) is 13.1. The van der Waals surface area contributed by atoms with Gasteiger partial charge in [-0.05, 0) is 114 Å². The summed E-state index contributed by atoms with van der Waals surface area (Å²) in [5.74, 6) is 0. The highest BCUT2D eigenvalue weighted by atomic mass is 32.1. The third kappa shape index (κ3) is 4.86. The maximum absolute atomic E-state index is 2.52. The van der Waals surface area contributed by atoms with Crippen molar-refractivity contribution >= 4 is 38.5 Å². The molecule has 0 fully saturated rings. The van der Waals surface area contributed by atoms with Gasteiger partial charge in [0.1, 0.15) is 0 Å². The van der Waals surface area contributed by atoms with Crippen molar-refractivity contribution in [3.63, 3.8) is 0 Å². The maximum atomic E-state index is 2.52. The van der Waals surface area contributed by atoms with Crippen LogP contribution in [-0.4, -0.2) is 0 Å². The van der Waals surface area contributed by atoms with Crippen LogP contribution in [0.2, 0.25) is 0 Å². The highest BCUT2D eigenvalue weighted by Crippen LogP contribution is 2.59. The Balaban J connectivity index is 1.16. The van der Waals surface area contributed by atoms with E-state index >= 15 is 0 Å². The molecule has 0 unspecified atom stereocenters. The summed E-state index contributed by atoms with van der Waals surface area (Å²) in [6.07, 6.45) is 0. The SMILES string of the molecule is c1ccc(C2(c3ccccc3)c3ccccc3-c3ccc(N(c4ccc5c(c4)C(c4ccccc4)(c4ccccc4)c4ccccc4-5)c4cccc5ccsc45)cc32)cc1. The summed E-state index contributed by atoms with van der Waals surface area (Å²) >= 11 is 1.81. The zero-order chi connectivity index (χ0) is 39.7. The van der Waals surface area contributed by atoms with Gasteiger partial charge in [0, 0.05) is 11.4 Å². The molecule has 1 nitrogen and oxygen atoms in total. The quantitative estimate of drug-likeness (QED) is 0.156. The van der Waals surface area contributed by atoms with E-state index in [4.69, 9.17) is 0 Å². The van der Waals surface area contributed by atoms with Crippen molar-refractivity contribution in [3.8, 4) is 22.3 Å². The van der Waals surface area contributed by atoms with Gasteiger partial charge < -0.3 is 4.90 Å². The molecule has 0 atom stereocenters. The van der Waals surface area contributed by atoms with E-state index in [0.717, 1.165) is 11.4 Å². The molecule has 0 radical (unpaired) electrons. The molecular weight excluding hydrogens is 743 g/mol. The zero-order valence-electron chi connectivity index (χ0n) is 32.9. The lowest BCUT2D eigenvalue weighted by Crippen LogP contribution is -2.29. The van der Waals surface area contributed by atoms with Crippen LogP contribution < -0.4 is 4.90 Å². The molecule has 9 aromatic carbocycles. The molecule has 0 amide bonds. The summed E-state index contributed by atoms with van der Waals surface area (Å²) in [7, 11) is 0. The molecule has 0 saturated carbocycles. The van der Waals surface area contributed by atoms with Crippen molar-refractivity contribution in [2.24, 2.45) is 0 Å². The second kappa shape index (κ2) is 13.7. The van der Waals surface area contributed by atoms with Crippen LogP contribution in [0, 0.1) is 0 Å². The van der Waals surface area contributed by atoms with Crippen LogP contribution in [0.1, 0.15) is 44.5 Å². The minimum absolute atomic E-state index is 0.513. The molecule has 282 valence electrons. The molecule has 1 aromatic heterocycles. The van der Waals surface area contributed by atoms with Gasteiger partial charge in [-0.1, -0.05) is 194 Å². The molecule has 0 N–H and O–H groups in total. The second-order valence-electron chi connectivity index (χ2n) is 16.0. The first-order chi connectivity index (χ1) is 29.8. The summed E-state index contributed by atoms with van der Waals surface area (Å²) in [6, 6.07) is 85.9. The fraction of sp³-hybridized carbons (Fsp3) is 0.0345. The van der Waals surface area contributed by atoms with Crippen LogP contribution in [0.4, 0.5) is 17.1 Å². The number of anilines is 3. The minimum atomic E-state index is -0.513. The molecule has 60 heavy (non-hydrogen) atoms. The fourth-order valence-electron chi connectivity index (χ4n) is 10.7. The lowest BCUT2D eigenvalue weighted by molar-refractivity contribution is 0.767. The van der Waals surface area contributed by atoms with Gasteiger partial charge in [-0.15, -0.1) is 11.3 Å². The molecular formula is C58H39NS. The molecule has 2 aliphatic rings. The van der Waals surface area contributed by atoms with Gasteiger partial charge in [-0.2, -0.15) is 0 Å². The lowest BCUT2D eigenvalue weighted by Gasteiger charge is -2.36. The van der Waals surface area contributed by atoms with Crippen molar-refractivity contribution < 1.29 is 0 Å². The standard InChI is InChI=1S/C58H39NS/c1-5-19-41(20-6-1)57(42-21-7-2-8-22-42)51-29-15-13-27-47(51)49-34-32-45(38-53(49)57)59(55-31-17-18-40-36-37-60-56(40)55)46-33-35-50-48-28-14-16-30-52(48)58(54(50)39-46,43-23-9-3-10-24-43)44-25-11-4-12-26-44/h1-39H. The molecule has 10 aromatic rings. The topological polar surface area (TPSA) is 3.24 Å². The Morgan fingerprint density at radius 3 is 1.17 bits per heavy atom. The van der Waals surface area contributed by atoms with Crippen LogP contribution in [-0.2, 0) is 10.8 Å². The molecule has 0 saturated heterocycles. The van der Waals surface area contributed by atoms with Gasteiger partial charge in [0.05, 0.1) is 21.2 Å². The average molecular weight is 782 g/mol. The van der Waals surface area contributed by atoms with E-state index in [1.165, 1.54) is 82.5 Å². The first-order valence-electron chi connectivity index (χ1n) is 20.8. The Morgan fingerprint density at radius 2 is 0.717 bits per heavy atom. The largest absolute Gasteiger partial charge is 0.309 e. The molecule has 2 heteroatoms. The molecule has 0 bridgehead atoms. The molecule has 0 spiro atoms. The van der Waals surface area contributed by atoms with E-state index in [0.29, 0.717) is 0 Å². The Morgan fingerprint density at radius 1 is 0.317 bits per heavy atom. The summed E-state index contributed by atoms with van der Waals surface area (Å²) in [6.45, 7) is 0. The summed E-state index contributed by atoms with van der Waals surface area (Å²) in [5, 5.41) is 3.46. The van der Waals surface area contributed by atoms with Gasteiger partial charge in [-0.25, -0.2) is 0 Å². The van der Waals surface area contributed by atoms with Gasteiger partial charge >= 0.3 is 0 Å². The number of thiophene rings is 1. The maximum Gasteiger partial charge on any atom is 0.0714 e. The average Bonchev–Trinajstić information content (AvgIpc) is 4.01. The number of rotatable bonds is 7. The Kier molecular flexibility index (Phi) is 7.91. The number of fused-ring (bicyclic) bond motifs is 7. The Bertz CT molecular complexity index is 2940. The van der Waals surface area contributed by atoms with Crippen molar-refractivity contribution in [1.82, 2.24) is 0 Å². The summed E-state index contributed by atoms with van der Waals surface area (Å²) in [5.41, 5.74) is 17.7. The Hall–Kier alpha value is -7.26. The molecule has 1 heterocycles. The van der Waals surface area contributed by atoms with E-state index in [9.17, 15) is 0 Å². The van der Waals surface area contributed by atoms with Crippen molar-refractivity contribution in [2.45, 2.75) is 10.8 Å². The van der Waals surface area contributed by atoms with Gasteiger partial charge in [-0.3, -0.25) is 0 Å². The number of benzene rings is 9. The number of hydrogen-bond acceptors (Lipinski definition) is 2. The summed E-state index contributed by atoms with van der Waals surface area (Å²) in [4.78, 5) is 2.52. The lowest BCUT2D eigenvalue weighted by atomic mass is 9.67. The monoisotopic (exact) mass is 781 g/mol. The second-order valence-corrected chi connectivity index (χ2v) is 16.9. The highest BCUT2D eigenvalue weighted by Gasteiger charge is 2.48. The Labute approximate surface area is 355 Å². The van der Waals surface area contributed by atoms with Crippen molar-refractivity contribution in [1.29, 1.82) is 0 Å². The normalized spacial score (nSPS) is 13.9. The molecule has 0 aliphatic heterocycles. The number of hydrogen-bond donors (Lipinski definition) is 0. The van der Waals surface area contributed by atoms with Crippen molar-refractivity contribution in [3.05, 3.63) is 280 Å². The third-order valence-corrected chi connectivity index (χ3v) is 14.1. The summed E-state index contributed by atoms with van der Waals surface area (Å²) < 4.78 is 1.26. The first-order valence-corrected chi connectivity index (χ1v) is 21.6. The molecule has 12 rings (SSSR count). The van der Waals surface area contributed by atoms with E-state index in [2.05, 4.69) is 241 Å². The van der Waals surface area contributed by atoms with Gasteiger partial charge in [0.2, 0.25) is 0 Å². The zero-order valence-corrected chi connectivity index (χ0v) is 33.7. The van der Waals surface area contributed by atoms with Gasteiger partial charge in [0.15, 0.2) is 0 Å². The predicted molar refractivity (Wildman–Crippen MR) is 251 cm³/mol. The van der Waals surface area contributed by atoms with Gasteiger partial charge in [0.25, 0.3) is 0 Å².